The van der Waals surface area contributed by atoms with E-state index in [-0.39, 0.29) is 12.3 Å². The molecule has 0 aliphatic carbocycles. The number of amides is 1. The molecular weight excluding hydrogens is 354 g/mol. The van der Waals surface area contributed by atoms with Crippen molar-refractivity contribution in [3.8, 4) is 23.8 Å². The van der Waals surface area contributed by atoms with Gasteiger partial charge in [-0.3, -0.25) is 4.79 Å². The highest BCUT2D eigenvalue weighted by molar-refractivity contribution is 5.99. The zero-order valence-electron chi connectivity index (χ0n) is 15.2. The van der Waals surface area contributed by atoms with E-state index in [9.17, 15) is 4.79 Å². The average Bonchev–Trinajstić information content (AvgIpc) is 3.06. The number of fused-ring (bicyclic) bond motifs is 2. The molecule has 2 aromatic carbocycles. The van der Waals surface area contributed by atoms with Gasteiger partial charge < -0.3 is 14.0 Å². The molecule has 1 aromatic heterocycles. The summed E-state index contributed by atoms with van der Waals surface area (Å²) < 4.78 is 13.0. The van der Waals surface area contributed by atoms with Crippen LogP contribution in [-0.2, 0) is 17.8 Å². The topological polar surface area (TPSA) is 64.9 Å². The number of hydrazone groups is 1. The molecule has 0 unspecified atom stereocenters. The lowest BCUT2D eigenvalue weighted by Crippen LogP contribution is -2.20. The van der Waals surface area contributed by atoms with E-state index in [0.717, 1.165) is 22.0 Å². The first kappa shape index (κ1) is 17.7. The van der Waals surface area contributed by atoms with Crippen LogP contribution in [0, 0.1) is 12.3 Å². The summed E-state index contributed by atoms with van der Waals surface area (Å²) in [6, 6.07) is 13.4. The lowest BCUT2D eigenvalue weighted by molar-refractivity contribution is -0.120. The minimum Gasteiger partial charge on any atom is -0.486 e. The summed E-state index contributed by atoms with van der Waals surface area (Å²) in [5.41, 5.74) is 5.34. The summed E-state index contributed by atoms with van der Waals surface area (Å²) in [4.78, 5) is 12.2. The van der Waals surface area contributed by atoms with Gasteiger partial charge in [-0.15, -0.1) is 6.42 Å². The van der Waals surface area contributed by atoms with Gasteiger partial charge in [-0.25, -0.2) is 5.43 Å². The van der Waals surface area contributed by atoms with Crippen molar-refractivity contribution in [2.24, 2.45) is 5.10 Å². The third kappa shape index (κ3) is 3.69. The maximum absolute atomic E-state index is 12.2. The molecule has 1 aliphatic heterocycles. The van der Waals surface area contributed by atoms with Crippen LogP contribution < -0.4 is 14.9 Å². The summed E-state index contributed by atoms with van der Waals surface area (Å²) in [6.45, 7) is 1.53. The van der Waals surface area contributed by atoms with E-state index in [1.54, 1.807) is 6.21 Å². The molecule has 6 heteroatoms. The van der Waals surface area contributed by atoms with Gasteiger partial charge in [-0.2, -0.15) is 5.10 Å². The summed E-state index contributed by atoms with van der Waals surface area (Å²) >= 11 is 0. The molecule has 1 amide bonds. The first-order valence-corrected chi connectivity index (χ1v) is 8.96. The molecule has 28 heavy (non-hydrogen) atoms. The molecule has 1 aliphatic rings. The zero-order valence-corrected chi connectivity index (χ0v) is 15.2. The number of rotatable bonds is 5. The Kier molecular flexibility index (Phi) is 4.98. The number of carbonyl (C=O) groups is 1. The smallest absolute Gasteiger partial charge is 0.244 e. The van der Waals surface area contributed by atoms with Crippen molar-refractivity contribution in [1.29, 1.82) is 0 Å². The number of ether oxygens (including phenoxy) is 2. The van der Waals surface area contributed by atoms with Crippen molar-refractivity contribution >= 4 is 23.0 Å². The molecule has 1 N–H and O–H groups in total. The van der Waals surface area contributed by atoms with Gasteiger partial charge in [0.1, 0.15) is 13.2 Å². The number of carbonyl (C=O) groups excluding carboxylic acids is 1. The van der Waals surface area contributed by atoms with Gasteiger partial charge in [0, 0.05) is 22.7 Å². The molecule has 0 fully saturated rings. The van der Waals surface area contributed by atoms with E-state index < -0.39 is 0 Å². The van der Waals surface area contributed by atoms with Gasteiger partial charge >= 0.3 is 0 Å². The van der Waals surface area contributed by atoms with E-state index in [1.807, 2.05) is 53.2 Å². The van der Waals surface area contributed by atoms with Crippen molar-refractivity contribution < 1.29 is 14.3 Å². The van der Waals surface area contributed by atoms with Crippen LogP contribution >= 0.6 is 0 Å². The number of para-hydroxylation sites is 1. The lowest BCUT2D eigenvalue weighted by atomic mass is 10.1. The molecule has 140 valence electrons. The fourth-order valence-corrected chi connectivity index (χ4v) is 3.20. The summed E-state index contributed by atoms with van der Waals surface area (Å²) in [5.74, 6) is 3.81. The minimum absolute atomic E-state index is 0.201. The fraction of sp³-hybridized carbons (Fsp3) is 0.182. The molecule has 3 aromatic rings. The standard InChI is InChI=1S/C22H19N3O3/c1-2-9-25-15-17(18-5-3-4-6-19(18)25)14-23-24-22(26)13-16-7-8-20-21(12-16)28-11-10-27-20/h1,3-8,12,14-15H,9-11,13H2,(H,24,26)/b23-14-. The third-order valence-corrected chi connectivity index (χ3v) is 4.45. The van der Waals surface area contributed by atoms with Crippen LogP contribution in [0.3, 0.4) is 0 Å². The van der Waals surface area contributed by atoms with Crippen molar-refractivity contribution in [1.82, 2.24) is 9.99 Å². The van der Waals surface area contributed by atoms with Gasteiger partial charge in [0.2, 0.25) is 5.91 Å². The number of benzene rings is 2. The zero-order chi connectivity index (χ0) is 19.3. The van der Waals surface area contributed by atoms with E-state index in [1.165, 1.54) is 0 Å². The largest absolute Gasteiger partial charge is 0.486 e. The van der Waals surface area contributed by atoms with E-state index >= 15 is 0 Å². The summed E-state index contributed by atoms with van der Waals surface area (Å²) in [6.07, 6.45) is 9.21. The highest BCUT2D eigenvalue weighted by Gasteiger charge is 2.13. The Hall–Kier alpha value is -3.72. The molecule has 2 heterocycles. The van der Waals surface area contributed by atoms with Crippen LogP contribution in [0.5, 0.6) is 11.5 Å². The van der Waals surface area contributed by atoms with Crippen LogP contribution in [0.2, 0.25) is 0 Å². The van der Waals surface area contributed by atoms with Gasteiger partial charge in [0.15, 0.2) is 11.5 Å². The Balaban J connectivity index is 1.43. The SMILES string of the molecule is C#CCn1cc(/C=N\NC(=O)Cc2ccc3c(c2)OCCO3)c2ccccc21. The molecule has 0 saturated carbocycles. The fourth-order valence-electron chi connectivity index (χ4n) is 3.20. The number of hydrogen-bond donors (Lipinski definition) is 1. The van der Waals surface area contributed by atoms with Crippen molar-refractivity contribution in [3.63, 3.8) is 0 Å². The summed E-state index contributed by atoms with van der Waals surface area (Å²) in [5, 5.41) is 5.13. The average molecular weight is 373 g/mol. The van der Waals surface area contributed by atoms with Crippen LogP contribution in [0.1, 0.15) is 11.1 Å². The monoisotopic (exact) mass is 373 g/mol. The molecule has 0 spiro atoms. The number of nitrogens with zero attached hydrogens (tertiary/aromatic N) is 2. The Morgan fingerprint density at radius 2 is 2.04 bits per heavy atom. The quantitative estimate of drug-likeness (QED) is 0.425. The third-order valence-electron chi connectivity index (χ3n) is 4.45. The molecule has 0 radical (unpaired) electrons. The van der Waals surface area contributed by atoms with Crippen LogP contribution in [0.4, 0.5) is 0 Å². The number of aromatic nitrogens is 1. The Bertz CT molecular complexity index is 1090. The number of nitrogens with one attached hydrogen (secondary N) is 1. The predicted molar refractivity (Wildman–Crippen MR) is 108 cm³/mol. The Morgan fingerprint density at radius 3 is 2.89 bits per heavy atom. The number of hydrogen-bond acceptors (Lipinski definition) is 4. The van der Waals surface area contributed by atoms with Gasteiger partial charge in [0.05, 0.1) is 19.2 Å². The van der Waals surface area contributed by atoms with Gasteiger partial charge in [0.25, 0.3) is 0 Å². The number of terminal acetylenes is 1. The highest BCUT2D eigenvalue weighted by atomic mass is 16.6. The summed E-state index contributed by atoms with van der Waals surface area (Å²) in [7, 11) is 0. The molecular formula is C22H19N3O3. The maximum atomic E-state index is 12.2. The van der Waals surface area contributed by atoms with E-state index in [4.69, 9.17) is 15.9 Å². The normalized spacial score (nSPS) is 12.8. The van der Waals surface area contributed by atoms with Crippen molar-refractivity contribution in [3.05, 3.63) is 59.8 Å². The van der Waals surface area contributed by atoms with Gasteiger partial charge in [-0.1, -0.05) is 30.2 Å². The predicted octanol–water partition coefficient (Wildman–Crippen LogP) is 2.74. The van der Waals surface area contributed by atoms with Crippen LogP contribution in [0.15, 0.2) is 53.8 Å². The van der Waals surface area contributed by atoms with Crippen molar-refractivity contribution in [2.75, 3.05) is 13.2 Å². The Labute approximate surface area is 162 Å². The second-order valence-corrected chi connectivity index (χ2v) is 6.38. The minimum atomic E-state index is -0.208. The highest BCUT2D eigenvalue weighted by Crippen LogP contribution is 2.30. The first-order chi connectivity index (χ1) is 13.7. The lowest BCUT2D eigenvalue weighted by Gasteiger charge is -2.18. The van der Waals surface area contributed by atoms with Crippen LogP contribution in [0.25, 0.3) is 10.9 Å². The Morgan fingerprint density at radius 1 is 1.21 bits per heavy atom. The van der Waals surface area contributed by atoms with Crippen LogP contribution in [-0.4, -0.2) is 29.9 Å². The first-order valence-electron chi connectivity index (χ1n) is 8.96. The van der Waals surface area contributed by atoms with E-state index in [2.05, 4.69) is 16.4 Å². The molecule has 4 rings (SSSR count). The van der Waals surface area contributed by atoms with E-state index in [0.29, 0.717) is 31.3 Å². The second kappa shape index (κ2) is 7.89. The molecule has 6 nitrogen and oxygen atoms in total. The molecule has 0 atom stereocenters. The van der Waals surface area contributed by atoms with Crippen molar-refractivity contribution in [2.45, 2.75) is 13.0 Å². The molecule has 0 bridgehead atoms. The van der Waals surface area contributed by atoms with Gasteiger partial charge in [-0.05, 0) is 23.8 Å². The maximum Gasteiger partial charge on any atom is 0.244 e. The molecule has 0 saturated heterocycles. The second-order valence-electron chi connectivity index (χ2n) is 6.38.